The lowest BCUT2D eigenvalue weighted by molar-refractivity contribution is -0.173. The van der Waals surface area contributed by atoms with Crippen LogP contribution in [0.5, 0.6) is 0 Å². The third kappa shape index (κ3) is 2.35. The normalized spacial score (nSPS) is 33.8. The second-order valence-corrected chi connectivity index (χ2v) is 6.74. The van der Waals surface area contributed by atoms with Crippen LogP contribution in [0.1, 0.15) is 51.9 Å². The standard InChI is InChI=1S/C16H26N2O3/c1-3-21-13-10-12(16(13)8-4-5-9-16)18(2)15(20)11-6-7-14(19)17-11/h11-13H,3-10H2,1-2H3,(H,17,19)/t11-,12-,13+/m0/s1. The third-order valence-electron chi connectivity index (χ3n) is 5.75. The van der Waals surface area contributed by atoms with Gasteiger partial charge >= 0.3 is 0 Å². The Morgan fingerprint density at radius 2 is 2.14 bits per heavy atom. The molecule has 5 nitrogen and oxygen atoms in total. The Hall–Kier alpha value is -1.10. The van der Waals surface area contributed by atoms with E-state index in [1.807, 2.05) is 18.9 Å². The smallest absolute Gasteiger partial charge is 0.245 e. The Morgan fingerprint density at radius 3 is 2.71 bits per heavy atom. The van der Waals surface area contributed by atoms with Crippen molar-refractivity contribution in [2.45, 2.75) is 70.1 Å². The molecular weight excluding hydrogens is 268 g/mol. The van der Waals surface area contributed by atoms with Gasteiger partial charge in [-0.15, -0.1) is 0 Å². The van der Waals surface area contributed by atoms with E-state index in [4.69, 9.17) is 4.74 Å². The number of ether oxygens (including phenoxy) is 1. The molecule has 118 valence electrons. The monoisotopic (exact) mass is 294 g/mol. The van der Waals surface area contributed by atoms with Gasteiger partial charge in [0.05, 0.1) is 6.10 Å². The number of nitrogens with one attached hydrogen (secondary N) is 1. The molecule has 2 saturated carbocycles. The molecule has 2 aliphatic carbocycles. The maximum Gasteiger partial charge on any atom is 0.245 e. The maximum absolute atomic E-state index is 12.6. The summed E-state index contributed by atoms with van der Waals surface area (Å²) in [7, 11) is 1.90. The van der Waals surface area contributed by atoms with E-state index in [0.717, 1.165) is 25.9 Å². The first kappa shape index (κ1) is 14.8. The van der Waals surface area contributed by atoms with Gasteiger partial charge in [-0.3, -0.25) is 9.59 Å². The highest BCUT2D eigenvalue weighted by atomic mass is 16.5. The van der Waals surface area contributed by atoms with Crippen LogP contribution in [0.3, 0.4) is 0 Å². The lowest BCUT2D eigenvalue weighted by atomic mass is 9.60. The van der Waals surface area contributed by atoms with Gasteiger partial charge < -0.3 is 15.0 Å². The quantitative estimate of drug-likeness (QED) is 0.854. The van der Waals surface area contributed by atoms with Crippen LogP contribution in [-0.2, 0) is 14.3 Å². The molecule has 3 rings (SSSR count). The average Bonchev–Trinajstić information content (AvgIpc) is 3.11. The summed E-state index contributed by atoms with van der Waals surface area (Å²) < 4.78 is 5.91. The molecule has 0 aromatic rings. The van der Waals surface area contributed by atoms with Crippen molar-refractivity contribution >= 4 is 11.8 Å². The molecule has 1 heterocycles. The van der Waals surface area contributed by atoms with Gasteiger partial charge in [0.25, 0.3) is 0 Å². The Balaban J connectivity index is 1.68. The van der Waals surface area contributed by atoms with Crippen LogP contribution < -0.4 is 5.32 Å². The summed E-state index contributed by atoms with van der Waals surface area (Å²) in [5.41, 5.74) is 0.170. The highest BCUT2D eigenvalue weighted by Crippen LogP contribution is 2.56. The molecule has 3 aliphatic rings. The first-order valence-electron chi connectivity index (χ1n) is 8.26. The fourth-order valence-corrected chi connectivity index (χ4v) is 4.59. The molecule has 0 bridgehead atoms. The van der Waals surface area contributed by atoms with Gasteiger partial charge in [-0.2, -0.15) is 0 Å². The molecule has 2 amide bonds. The van der Waals surface area contributed by atoms with Crippen LogP contribution in [0.2, 0.25) is 0 Å². The molecule has 21 heavy (non-hydrogen) atoms. The molecule has 3 fully saturated rings. The SMILES string of the molecule is CCO[C@@H]1C[C@H](N(C)C(=O)[C@@H]2CCC(=O)N2)C12CCCC2. The lowest BCUT2D eigenvalue weighted by Gasteiger charge is -2.57. The minimum atomic E-state index is -0.313. The van der Waals surface area contributed by atoms with E-state index in [9.17, 15) is 9.59 Å². The van der Waals surface area contributed by atoms with Crippen molar-refractivity contribution in [2.75, 3.05) is 13.7 Å². The van der Waals surface area contributed by atoms with E-state index in [0.29, 0.717) is 18.9 Å². The number of amides is 2. The fraction of sp³-hybridized carbons (Fsp3) is 0.875. The third-order valence-corrected chi connectivity index (χ3v) is 5.75. The van der Waals surface area contributed by atoms with Crippen LogP contribution in [0.25, 0.3) is 0 Å². The van der Waals surface area contributed by atoms with Crippen LogP contribution in [0.4, 0.5) is 0 Å². The molecule has 0 aromatic carbocycles. The highest BCUT2D eigenvalue weighted by Gasteiger charge is 2.59. The van der Waals surface area contributed by atoms with Crippen molar-refractivity contribution in [2.24, 2.45) is 5.41 Å². The van der Waals surface area contributed by atoms with Gasteiger partial charge in [0.1, 0.15) is 6.04 Å². The Kier molecular flexibility index (Phi) is 3.95. The zero-order valence-electron chi connectivity index (χ0n) is 13.1. The summed E-state index contributed by atoms with van der Waals surface area (Å²) in [5, 5.41) is 2.79. The number of rotatable bonds is 4. The molecular formula is C16H26N2O3. The first-order chi connectivity index (χ1) is 10.1. The molecule has 5 heteroatoms. The first-order valence-corrected chi connectivity index (χ1v) is 8.26. The van der Waals surface area contributed by atoms with E-state index in [2.05, 4.69) is 5.32 Å². The van der Waals surface area contributed by atoms with Crippen LogP contribution in [-0.4, -0.2) is 48.6 Å². The Bertz CT molecular complexity index is 431. The Morgan fingerprint density at radius 1 is 1.43 bits per heavy atom. The molecule has 0 radical (unpaired) electrons. The predicted octanol–water partition coefficient (Wildman–Crippen LogP) is 1.46. The molecule has 1 spiro atoms. The molecule has 1 saturated heterocycles. The number of nitrogens with zero attached hydrogens (tertiary/aromatic N) is 1. The summed E-state index contributed by atoms with van der Waals surface area (Å²) in [4.78, 5) is 25.8. The average molecular weight is 294 g/mol. The topological polar surface area (TPSA) is 58.6 Å². The van der Waals surface area contributed by atoms with Crippen molar-refractivity contribution in [3.05, 3.63) is 0 Å². The molecule has 3 atom stereocenters. The van der Waals surface area contributed by atoms with Crippen molar-refractivity contribution in [3.8, 4) is 0 Å². The van der Waals surface area contributed by atoms with Gasteiger partial charge in [0, 0.05) is 31.5 Å². The molecule has 0 aromatic heterocycles. The van der Waals surface area contributed by atoms with Gasteiger partial charge in [-0.25, -0.2) is 0 Å². The lowest BCUT2D eigenvalue weighted by Crippen LogP contribution is -2.65. The fourth-order valence-electron chi connectivity index (χ4n) is 4.59. The summed E-state index contributed by atoms with van der Waals surface area (Å²) in [6, 6.07) is -0.0337. The van der Waals surface area contributed by atoms with Crippen LogP contribution in [0.15, 0.2) is 0 Å². The summed E-state index contributed by atoms with van der Waals surface area (Å²) in [6.45, 7) is 2.79. The van der Waals surface area contributed by atoms with Crippen molar-refractivity contribution < 1.29 is 14.3 Å². The van der Waals surface area contributed by atoms with Crippen molar-refractivity contribution in [3.63, 3.8) is 0 Å². The van der Waals surface area contributed by atoms with E-state index < -0.39 is 0 Å². The highest BCUT2D eigenvalue weighted by molar-refractivity contribution is 5.91. The zero-order chi connectivity index (χ0) is 15.0. The minimum Gasteiger partial charge on any atom is -0.378 e. The number of carbonyl (C=O) groups excluding carboxylic acids is 2. The van der Waals surface area contributed by atoms with E-state index in [1.54, 1.807) is 0 Å². The van der Waals surface area contributed by atoms with Crippen LogP contribution in [0, 0.1) is 5.41 Å². The van der Waals surface area contributed by atoms with E-state index in [1.165, 1.54) is 12.8 Å². The molecule has 1 N–H and O–H groups in total. The Labute approximate surface area is 126 Å². The van der Waals surface area contributed by atoms with Gasteiger partial charge in [-0.05, 0) is 32.6 Å². The summed E-state index contributed by atoms with van der Waals surface area (Å²) in [5.74, 6) is 0.0743. The van der Waals surface area contributed by atoms with E-state index >= 15 is 0 Å². The molecule has 1 aliphatic heterocycles. The van der Waals surface area contributed by atoms with E-state index in [-0.39, 0.29) is 29.3 Å². The largest absolute Gasteiger partial charge is 0.378 e. The van der Waals surface area contributed by atoms with Crippen LogP contribution >= 0.6 is 0 Å². The number of hydrogen-bond acceptors (Lipinski definition) is 3. The predicted molar refractivity (Wildman–Crippen MR) is 78.7 cm³/mol. The number of likely N-dealkylation sites (N-methyl/N-ethyl adjacent to an activating group) is 1. The molecule has 0 unspecified atom stereocenters. The zero-order valence-corrected chi connectivity index (χ0v) is 13.1. The maximum atomic E-state index is 12.6. The summed E-state index contributed by atoms with van der Waals surface area (Å²) in [6.07, 6.45) is 7.16. The number of carbonyl (C=O) groups is 2. The van der Waals surface area contributed by atoms with Gasteiger partial charge in [0.15, 0.2) is 0 Å². The second kappa shape index (κ2) is 5.59. The van der Waals surface area contributed by atoms with Crippen molar-refractivity contribution in [1.82, 2.24) is 10.2 Å². The van der Waals surface area contributed by atoms with Gasteiger partial charge in [-0.1, -0.05) is 12.8 Å². The number of hydrogen-bond donors (Lipinski definition) is 1. The van der Waals surface area contributed by atoms with Gasteiger partial charge in [0.2, 0.25) is 11.8 Å². The second-order valence-electron chi connectivity index (χ2n) is 6.74. The minimum absolute atomic E-state index is 0.00173. The van der Waals surface area contributed by atoms with Crippen molar-refractivity contribution in [1.29, 1.82) is 0 Å². The summed E-state index contributed by atoms with van der Waals surface area (Å²) >= 11 is 0.